The molecular weight excluding hydrogens is 394 g/mol. The fraction of sp³-hybridized carbons (Fsp3) is 0.190. The van der Waals surface area contributed by atoms with Crippen LogP contribution in [0.2, 0.25) is 0 Å². The maximum absolute atomic E-state index is 12.5. The van der Waals surface area contributed by atoms with Gasteiger partial charge >= 0.3 is 0 Å². The van der Waals surface area contributed by atoms with E-state index in [0.717, 1.165) is 6.26 Å². The van der Waals surface area contributed by atoms with Crippen LogP contribution in [0.25, 0.3) is 21.9 Å². The standard InChI is InChI=1S/C21H19NO6S/c1-22-10-18(15-6-4-5-7-16(15)21(22)23)17-8-14(29(3,24)25)9-19-20(17)27-12-13(28-19)11-26-2/h4-10,12H,11H2,1-3H3. The summed E-state index contributed by atoms with van der Waals surface area (Å²) < 4.78 is 42.8. The molecule has 0 saturated carbocycles. The lowest BCUT2D eigenvalue weighted by Crippen LogP contribution is -2.17. The van der Waals surface area contributed by atoms with Crippen molar-refractivity contribution in [1.29, 1.82) is 0 Å². The smallest absolute Gasteiger partial charge is 0.258 e. The molecule has 1 aliphatic rings. The molecule has 0 spiro atoms. The van der Waals surface area contributed by atoms with E-state index < -0.39 is 9.84 Å². The predicted molar refractivity (Wildman–Crippen MR) is 109 cm³/mol. The first-order valence-electron chi connectivity index (χ1n) is 8.79. The number of ether oxygens (including phenoxy) is 3. The molecule has 29 heavy (non-hydrogen) atoms. The molecule has 150 valence electrons. The summed E-state index contributed by atoms with van der Waals surface area (Å²) in [5, 5.41) is 1.22. The Morgan fingerprint density at radius 1 is 1.10 bits per heavy atom. The molecule has 0 fully saturated rings. The Morgan fingerprint density at radius 3 is 2.52 bits per heavy atom. The van der Waals surface area contributed by atoms with E-state index in [9.17, 15) is 13.2 Å². The average molecular weight is 413 g/mol. The highest BCUT2D eigenvalue weighted by Crippen LogP contribution is 2.44. The molecule has 0 bridgehead atoms. The molecule has 7 nitrogen and oxygen atoms in total. The topological polar surface area (TPSA) is 83.8 Å². The molecule has 1 aliphatic heterocycles. The molecule has 2 heterocycles. The summed E-state index contributed by atoms with van der Waals surface area (Å²) >= 11 is 0. The number of pyridine rings is 1. The number of fused-ring (bicyclic) bond motifs is 2. The van der Waals surface area contributed by atoms with Crippen molar-refractivity contribution in [3.05, 3.63) is 65.0 Å². The highest BCUT2D eigenvalue weighted by atomic mass is 32.2. The fourth-order valence-corrected chi connectivity index (χ4v) is 3.97. The van der Waals surface area contributed by atoms with Gasteiger partial charge < -0.3 is 18.8 Å². The van der Waals surface area contributed by atoms with Crippen molar-refractivity contribution in [3.8, 4) is 22.6 Å². The second kappa shape index (κ2) is 7.06. The van der Waals surface area contributed by atoms with Gasteiger partial charge in [0.15, 0.2) is 27.1 Å². The third-order valence-electron chi connectivity index (χ3n) is 4.67. The van der Waals surface area contributed by atoms with Gasteiger partial charge in [-0.15, -0.1) is 0 Å². The Bertz CT molecular complexity index is 1320. The van der Waals surface area contributed by atoms with Gasteiger partial charge in [0.05, 0.1) is 4.90 Å². The zero-order valence-corrected chi connectivity index (χ0v) is 16.9. The lowest BCUT2D eigenvalue weighted by molar-refractivity contribution is 0.175. The highest BCUT2D eigenvalue weighted by molar-refractivity contribution is 7.90. The van der Waals surface area contributed by atoms with Gasteiger partial charge in [0.2, 0.25) is 0 Å². The van der Waals surface area contributed by atoms with Crippen molar-refractivity contribution in [2.45, 2.75) is 4.90 Å². The Balaban J connectivity index is 2.04. The van der Waals surface area contributed by atoms with Gasteiger partial charge in [-0.2, -0.15) is 0 Å². The molecule has 0 aliphatic carbocycles. The summed E-state index contributed by atoms with van der Waals surface area (Å²) in [5.41, 5.74) is 1.04. The van der Waals surface area contributed by atoms with Crippen LogP contribution in [-0.4, -0.2) is 33.0 Å². The lowest BCUT2D eigenvalue weighted by atomic mass is 9.99. The molecule has 0 amide bonds. The molecule has 3 aromatic rings. The predicted octanol–water partition coefficient (Wildman–Crippen LogP) is 2.87. The minimum Gasteiger partial charge on any atom is -0.457 e. The third-order valence-corrected chi connectivity index (χ3v) is 5.77. The second-order valence-electron chi connectivity index (χ2n) is 6.81. The molecule has 0 N–H and O–H groups in total. The summed E-state index contributed by atoms with van der Waals surface area (Å²) in [7, 11) is -0.349. The number of aryl methyl sites for hydroxylation is 1. The van der Waals surface area contributed by atoms with Crippen LogP contribution in [0.1, 0.15) is 0 Å². The van der Waals surface area contributed by atoms with Crippen LogP contribution in [0.4, 0.5) is 0 Å². The number of hydrogen-bond acceptors (Lipinski definition) is 6. The summed E-state index contributed by atoms with van der Waals surface area (Å²) in [6, 6.07) is 10.1. The highest BCUT2D eigenvalue weighted by Gasteiger charge is 2.25. The minimum absolute atomic E-state index is 0.0893. The molecule has 8 heteroatoms. The molecule has 0 atom stereocenters. The number of methoxy groups -OCH3 is 1. The van der Waals surface area contributed by atoms with Crippen LogP contribution in [0, 0.1) is 0 Å². The number of sulfone groups is 1. The van der Waals surface area contributed by atoms with Crippen molar-refractivity contribution in [3.63, 3.8) is 0 Å². The number of hydrogen-bond donors (Lipinski definition) is 0. The quantitative estimate of drug-likeness (QED) is 0.654. The number of rotatable bonds is 4. The molecule has 0 radical (unpaired) electrons. The van der Waals surface area contributed by atoms with E-state index >= 15 is 0 Å². The van der Waals surface area contributed by atoms with Gasteiger partial charge in [-0.3, -0.25) is 4.79 Å². The van der Waals surface area contributed by atoms with Crippen LogP contribution in [-0.2, 0) is 21.6 Å². The minimum atomic E-state index is -3.52. The van der Waals surface area contributed by atoms with Crippen molar-refractivity contribution in [2.24, 2.45) is 7.05 Å². The normalized spacial score (nSPS) is 13.4. The molecule has 1 aromatic heterocycles. The van der Waals surface area contributed by atoms with E-state index in [4.69, 9.17) is 14.2 Å². The van der Waals surface area contributed by atoms with E-state index in [0.29, 0.717) is 33.4 Å². The van der Waals surface area contributed by atoms with Crippen LogP contribution in [0.5, 0.6) is 11.5 Å². The van der Waals surface area contributed by atoms with Gasteiger partial charge in [-0.25, -0.2) is 8.42 Å². The SMILES string of the molecule is COCC1=COc2c(cc(S(C)(=O)=O)cc2-c2cn(C)c(=O)c3ccccc23)O1. The Hall–Kier alpha value is -3.10. The van der Waals surface area contributed by atoms with Gasteiger partial charge in [-0.1, -0.05) is 18.2 Å². The zero-order valence-electron chi connectivity index (χ0n) is 16.1. The van der Waals surface area contributed by atoms with E-state index in [1.54, 1.807) is 31.4 Å². The number of benzene rings is 2. The summed E-state index contributed by atoms with van der Waals surface area (Å²) in [6.07, 6.45) is 4.23. The average Bonchev–Trinajstić information content (AvgIpc) is 2.69. The monoisotopic (exact) mass is 413 g/mol. The first-order valence-corrected chi connectivity index (χ1v) is 10.7. The van der Waals surface area contributed by atoms with Crippen LogP contribution >= 0.6 is 0 Å². The number of nitrogens with zero attached hydrogens (tertiary/aromatic N) is 1. The largest absolute Gasteiger partial charge is 0.457 e. The first-order chi connectivity index (χ1) is 13.8. The molecule has 4 rings (SSSR count). The first kappa shape index (κ1) is 19.2. The lowest BCUT2D eigenvalue weighted by Gasteiger charge is -2.22. The van der Waals surface area contributed by atoms with Crippen molar-refractivity contribution in [2.75, 3.05) is 20.0 Å². The van der Waals surface area contributed by atoms with Crippen LogP contribution in [0.3, 0.4) is 0 Å². The Morgan fingerprint density at radius 2 is 1.83 bits per heavy atom. The molecule has 0 saturated heterocycles. The summed E-state index contributed by atoms with van der Waals surface area (Å²) in [5.74, 6) is 1.07. The fourth-order valence-electron chi connectivity index (χ4n) is 3.32. The number of aromatic nitrogens is 1. The maximum atomic E-state index is 12.5. The summed E-state index contributed by atoms with van der Waals surface area (Å²) in [4.78, 5) is 12.6. The molecular formula is C21H19NO6S. The summed E-state index contributed by atoms with van der Waals surface area (Å²) in [6.45, 7) is 0.181. The van der Waals surface area contributed by atoms with E-state index in [2.05, 4.69) is 0 Å². The maximum Gasteiger partial charge on any atom is 0.258 e. The van der Waals surface area contributed by atoms with Gasteiger partial charge in [-0.05, 0) is 17.5 Å². The third kappa shape index (κ3) is 3.41. The zero-order chi connectivity index (χ0) is 20.8. The van der Waals surface area contributed by atoms with E-state index in [1.807, 2.05) is 12.1 Å². The van der Waals surface area contributed by atoms with Crippen LogP contribution < -0.4 is 15.0 Å². The molecule has 0 unspecified atom stereocenters. The second-order valence-corrected chi connectivity index (χ2v) is 8.83. The van der Waals surface area contributed by atoms with Gasteiger partial charge in [0.1, 0.15) is 12.9 Å². The van der Waals surface area contributed by atoms with Crippen molar-refractivity contribution >= 4 is 20.6 Å². The molecule has 2 aromatic carbocycles. The van der Waals surface area contributed by atoms with Gasteiger partial charge in [0, 0.05) is 49.2 Å². The van der Waals surface area contributed by atoms with E-state index in [-0.39, 0.29) is 22.8 Å². The Labute approximate surface area is 167 Å². The van der Waals surface area contributed by atoms with Crippen LogP contribution in [0.15, 0.2) is 64.3 Å². The Kier molecular flexibility index (Phi) is 4.68. The van der Waals surface area contributed by atoms with Crippen molar-refractivity contribution in [1.82, 2.24) is 4.57 Å². The van der Waals surface area contributed by atoms with Gasteiger partial charge in [0.25, 0.3) is 5.56 Å². The van der Waals surface area contributed by atoms with Crippen molar-refractivity contribution < 1.29 is 22.6 Å². The van der Waals surface area contributed by atoms with E-state index in [1.165, 1.54) is 24.0 Å².